The largest absolute Gasteiger partial charge is 0.354 e. The van der Waals surface area contributed by atoms with Gasteiger partial charge in [0.1, 0.15) is 4.75 Å². The topological polar surface area (TPSA) is 89.3 Å². The summed E-state index contributed by atoms with van der Waals surface area (Å²) < 4.78 is 24.5. The van der Waals surface area contributed by atoms with Gasteiger partial charge in [-0.05, 0) is 50.6 Å². The van der Waals surface area contributed by atoms with E-state index in [1.54, 1.807) is 12.1 Å². The van der Waals surface area contributed by atoms with Gasteiger partial charge in [0, 0.05) is 11.0 Å². The standard InChI is InChI=1S/C14H21BrN2O3S/c1-10(8-16)9-17-13(18)14(2,3)21(19,20)12-6-4-11(15)5-7-12/h4-7,10H,8-9,16H2,1-3H3,(H,17,18). The number of carbonyl (C=O) groups is 1. The Bertz CT molecular complexity index is 597. The van der Waals surface area contributed by atoms with Gasteiger partial charge >= 0.3 is 0 Å². The smallest absolute Gasteiger partial charge is 0.241 e. The van der Waals surface area contributed by atoms with Gasteiger partial charge in [-0.25, -0.2) is 8.42 Å². The van der Waals surface area contributed by atoms with Crippen LogP contribution in [-0.2, 0) is 14.6 Å². The molecule has 1 atom stereocenters. The van der Waals surface area contributed by atoms with Gasteiger partial charge in [0.25, 0.3) is 0 Å². The Morgan fingerprint density at radius 1 is 1.33 bits per heavy atom. The highest BCUT2D eigenvalue weighted by atomic mass is 79.9. The summed E-state index contributed by atoms with van der Waals surface area (Å²) in [5.41, 5.74) is 5.48. The minimum absolute atomic E-state index is 0.0973. The molecular formula is C14H21BrN2O3S. The molecule has 0 bridgehead atoms. The van der Waals surface area contributed by atoms with Crippen LogP contribution in [0.1, 0.15) is 20.8 Å². The normalized spacial score (nSPS) is 13.8. The van der Waals surface area contributed by atoms with Crippen molar-refractivity contribution in [2.45, 2.75) is 30.4 Å². The zero-order valence-electron chi connectivity index (χ0n) is 12.4. The number of sulfone groups is 1. The first-order valence-corrected chi connectivity index (χ1v) is 8.89. The van der Waals surface area contributed by atoms with Gasteiger partial charge in [0.05, 0.1) is 4.90 Å². The van der Waals surface area contributed by atoms with Crippen molar-refractivity contribution in [1.82, 2.24) is 5.32 Å². The predicted molar refractivity (Wildman–Crippen MR) is 86.6 cm³/mol. The van der Waals surface area contributed by atoms with Crippen LogP contribution in [0.25, 0.3) is 0 Å². The number of hydrogen-bond donors (Lipinski definition) is 2. The third-order valence-corrected chi connectivity index (χ3v) is 6.31. The molecule has 0 aliphatic rings. The van der Waals surface area contributed by atoms with E-state index in [-0.39, 0.29) is 10.8 Å². The average molecular weight is 377 g/mol. The maximum absolute atomic E-state index is 12.6. The van der Waals surface area contributed by atoms with Crippen molar-refractivity contribution < 1.29 is 13.2 Å². The van der Waals surface area contributed by atoms with E-state index in [4.69, 9.17) is 5.73 Å². The minimum Gasteiger partial charge on any atom is -0.354 e. The molecule has 0 radical (unpaired) electrons. The number of amides is 1. The first-order chi connectivity index (χ1) is 9.62. The molecule has 1 aromatic rings. The van der Waals surface area contributed by atoms with Crippen LogP contribution in [-0.4, -0.2) is 32.2 Å². The van der Waals surface area contributed by atoms with Gasteiger partial charge in [-0.2, -0.15) is 0 Å². The van der Waals surface area contributed by atoms with Gasteiger partial charge < -0.3 is 11.1 Å². The van der Waals surface area contributed by atoms with Crippen LogP contribution in [0.2, 0.25) is 0 Å². The summed E-state index contributed by atoms with van der Waals surface area (Å²) in [6, 6.07) is 6.24. The Hall–Kier alpha value is -0.920. The highest BCUT2D eigenvalue weighted by Crippen LogP contribution is 2.26. The molecule has 5 nitrogen and oxygen atoms in total. The van der Waals surface area contributed by atoms with E-state index in [1.165, 1.54) is 26.0 Å². The summed E-state index contributed by atoms with van der Waals surface area (Å²) >= 11 is 3.25. The van der Waals surface area contributed by atoms with Gasteiger partial charge in [-0.3, -0.25) is 4.79 Å². The molecule has 7 heteroatoms. The molecule has 21 heavy (non-hydrogen) atoms. The highest BCUT2D eigenvalue weighted by molar-refractivity contribution is 9.10. The lowest BCUT2D eigenvalue weighted by atomic mass is 10.1. The molecule has 118 valence electrons. The Labute approximate surface area is 134 Å². The molecule has 0 saturated heterocycles. The molecule has 3 N–H and O–H groups in total. The molecule has 0 fully saturated rings. The van der Waals surface area contributed by atoms with E-state index in [1.807, 2.05) is 6.92 Å². The van der Waals surface area contributed by atoms with Crippen molar-refractivity contribution in [3.63, 3.8) is 0 Å². The van der Waals surface area contributed by atoms with Gasteiger partial charge in [0.2, 0.25) is 5.91 Å². The van der Waals surface area contributed by atoms with Crippen LogP contribution in [0, 0.1) is 5.92 Å². The van der Waals surface area contributed by atoms with Crippen LogP contribution in [0.15, 0.2) is 33.6 Å². The van der Waals surface area contributed by atoms with E-state index in [9.17, 15) is 13.2 Å². The maximum Gasteiger partial charge on any atom is 0.241 e. The average Bonchev–Trinajstić information content (AvgIpc) is 2.44. The second kappa shape index (κ2) is 6.89. The summed E-state index contributed by atoms with van der Waals surface area (Å²) in [5.74, 6) is -0.425. The molecular weight excluding hydrogens is 356 g/mol. The van der Waals surface area contributed by atoms with Crippen molar-refractivity contribution in [3.05, 3.63) is 28.7 Å². The summed E-state index contributed by atoms with van der Waals surface area (Å²) in [4.78, 5) is 12.4. The van der Waals surface area contributed by atoms with Gasteiger partial charge in [0.15, 0.2) is 9.84 Å². The Morgan fingerprint density at radius 3 is 2.33 bits per heavy atom. The Morgan fingerprint density at radius 2 is 1.86 bits per heavy atom. The molecule has 1 amide bonds. The summed E-state index contributed by atoms with van der Waals surface area (Å²) in [7, 11) is -3.77. The van der Waals surface area contributed by atoms with Crippen molar-refractivity contribution in [2.24, 2.45) is 11.7 Å². The third-order valence-electron chi connectivity index (χ3n) is 3.36. The number of carbonyl (C=O) groups excluding carboxylic acids is 1. The monoisotopic (exact) mass is 376 g/mol. The third kappa shape index (κ3) is 4.05. The fourth-order valence-electron chi connectivity index (χ4n) is 1.59. The van der Waals surface area contributed by atoms with Crippen molar-refractivity contribution in [2.75, 3.05) is 13.1 Å². The first-order valence-electron chi connectivity index (χ1n) is 6.61. The molecule has 1 rings (SSSR count). The Kier molecular flexibility index (Phi) is 5.95. The van der Waals surface area contributed by atoms with E-state index < -0.39 is 20.5 Å². The lowest BCUT2D eigenvalue weighted by molar-refractivity contribution is -0.123. The summed E-state index contributed by atoms with van der Waals surface area (Å²) in [6.45, 7) is 5.49. The summed E-state index contributed by atoms with van der Waals surface area (Å²) in [6.07, 6.45) is 0. The quantitative estimate of drug-likeness (QED) is 0.790. The number of nitrogens with one attached hydrogen (secondary N) is 1. The van der Waals surface area contributed by atoms with Crippen molar-refractivity contribution >= 4 is 31.7 Å². The molecule has 0 saturated carbocycles. The van der Waals surface area contributed by atoms with Gasteiger partial charge in [-0.1, -0.05) is 22.9 Å². The molecule has 0 aromatic heterocycles. The lowest BCUT2D eigenvalue weighted by Crippen LogP contribution is -2.49. The fourth-order valence-corrected chi connectivity index (χ4v) is 3.26. The second-order valence-electron chi connectivity index (χ2n) is 5.52. The van der Waals surface area contributed by atoms with Crippen LogP contribution >= 0.6 is 15.9 Å². The molecule has 1 unspecified atom stereocenters. The van der Waals surface area contributed by atoms with Crippen molar-refractivity contribution in [1.29, 1.82) is 0 Å². The predicted octanol–water partition coefficient (Wildman–Crippen LogP) is 1.71. The molecule has 0 aliphatic heterocycles. The van der Waals surface area contributed by atoms with Crippen LogP contribution in [0.4, 0.5) is 0 Å². The number of hydrogen-bond acceptors (Lipinski definition) is 4. The zero-order chi connectivity index (χ0) is 16.3. The van der Waals surface area contributed by atoms with E-state index in [0.717, 1.165) is 4.47 Å². The summed E-state index contributed by atoms with van der Waals surface area (Å²) in [5, 5.41) is 2.65. The maximum atomic E-state index is 12.6. The molecule has 1 aromatic carbocycles. The minimum atomic E-state index is -3.77. The van der Waals surface area contributed by atoms with Crippen LogP contribution < -0.4 is 11.1 Å². The van der Waals surface area contributed by atoms with Crippen LogP contribution in [0.3, 0.4) is 0 Å². The van der Waals surface area contributed by atoms with E-state index >= 15 is 0 Å². The second-order valence-corrected chi connectivity index (χ2v) is 8.93. The molecule has 0 spiro atoms. The first kappa shape index (κ1) is 18.1. The molecule has 0 aliphatic carbocycles. The number of benzene rings is 1. The van der Waals surface area contributed by atoms with Gasteiger partial charge in [-0.15, -0.1) is 0 Å². The SMILES string of the molecule is CC(CN)CNC(=O)C(C)(C)S(=O)(=O)c1ccc(Br)cc1. The van der Waals surface area contributed by atoms with E-state index in [0.29, 0.717) is 13.1 Å². The lowest BCUT2D eigenvalue weighted by Gasteiger charge is -2.24. The fraction of sp³-hybridized carbons (Fsp3) is 0.500. The highest BCUT2D eigenvalue weighted by Gasteiger charge is 2.42. The number of rotatable bonds is 6. The number of nitrogens with two attached hydrogens (primary N) is 1. The number of halogens is 1. The zero-order valence-corrected chi connectivity index (χ0v) is 14.8. The van der Waals surface area contributed by atoms with E-state index in [2.05, 4.69) is 21.2 Å². The molecule has 0 heterocycles. The Balaban J connectivity index is 2.99. The van der Waals surface area contributed by atoms with Crippen molar-refractivity contribution in [3.8, 4) is 0 Å². The van der Waals surface area contributed by atoms with Crippen LogP contribution in [0.5, 0.6) is 0 Å².